The summed E-state index contributed by atoms with van der Waals surface area (Å²) in [5.74, 6) is -0.0566. The summed E-state index contributed by atoms with van der Waals surface area (Å²) in [7, 11) is 0. The summed E-state index contributed by atoms with van der Waals surface area (Å²) in [4.78, 5) is 11.8. The Labute approximate surface area is 113 Å². The van der Waals surface area contributed by atoms with Crippen LogP contribution in [0.15, 0.2) is 18.2 Å². The maximum atomic E-state index is 11.8. The maximum Gasteiger partial charge on any atom is 0.176 e. The van der Waals surface area contributed by atoms with Crippen molar-refractivity contribution in [3.63, 3.8) is 0 Å². The second kappa shape index (κ2) is 6.24. The first kappa shape index (κ1) is 16.2. The largest absolute Gasteiger partial charge is 0.506 e. The van der Waals surface area contributed by atoms with Crippen LogP contribution < -0.4 is 5.32 Å². The van der Waals surface area contributed by atoms with Crippen molar-refractivity contribution in [1.82, 2.24) is 5.32 Å². The topological polar surface area (TPSA) is 49.3 Å². The standard InChI is InChI=1S/C12H16ClNO2.ClH/c1-12(2,3)14-7-11(16)8-4-5-10(15)9(13)6-8;/h4-6,14-15H,7H2,1-3H3;1H. The van der Waals surface area contributed by atoms with E-state index < -0.39 is 0 Å². The highest BCUT2D eigenvalue weighted by Crippen LogP contribution is 2.23. The number of rotatable bonds is 3. The summed E-state index contributed by atoms with van der Waals surface area (Å²) < 4.78 is 0. The van der Waals surface area contributed by atoms with E-state index in [4.69, 9.17) is 11.6 Å². The summed E-state index contributed by atoms with van der Waals surface area (Å²) in [5, 5.41) is 12.5. The van der Waals surface area contributed by atoms with Crippen molar-refractivity contribution in [2.45, 2.75) is 26.3 Å². The molecule has 0 fully saturated rings. The zero-order valence-corrected chi connectivity index (χ0v) is 11.7. The van der Waals surface area contributed by atoms with Crippen LogP contribution in [0.2, 0.25) is 5.02 Å². The molecule has 96 valence electrons. The molecule has 0 spiro atoms. The van der Waals surface area contributed by atoms with Gasteiger partial charge >= 0.3 is 0 Å². The van der Waals surface area contributed by atoms with Crippen molar-refractivity contribution in [3.05, 3.63) is 28.8 Å². The average Bonchev–Trinajstić information content (AvgIpc) is 2.17. The van der Waals surface area contributed by atoms with Crippen molar-refractivity contribution in [1.29, 1.82) is 0 Å². The molecule has 0 unspecified atom stereocenters. The van der Waals surface area contributed by atoms with Gasteiger partial charge in [-0.05, 0) is 39.0 Å². The Bertz CT molecular complexity index is 400. The number of nitrogens with one attached hydrogen (secondary N) is 1. The lowest BCUT2D eigenvalue weighted by Crippen LogP contribution is -2.39. The van der Waals surface area contributed by atoms with E-state index in [1.165, 1.54) is 12.1 Å². The fraction of sp³-hybridized carbons (Fsp3) is 0.417. The summed E-state index contributed by atoms with van der Waals surface area (Å²) in [6, 6.07) is 4.46. The third-order valence-corrected chi connectivity index (χ3v) is 2.35. The summed E-state index contributed by atoms with van der Waals surface area (Å²) in [5.41, 5.74) is 0.399. The Kier molecular flexibility index (Phi) is 5.96. The maximum absolute atomic E-state index is 11.8. The molecule has 0 amide bonds. The molecule has 0 aromatic heterocycles. The first-order valence-electron chi connectivity index (χ1n) is 5.06. The summed E-state index contributed by atoms with van der Waals surface area (Å²) in [6.07, 6.45) is 0. The lowest BCUT2D eigenvalue weighted by Gasteiger charge is -2.19. The SMILES string of the molecule is CC(C)(C)NCC(=O)c1ccc(O)c(Cl)c1.Cl. The normalized spacial score (nSPS) is 10.8. The van der Waals surface area contributed by atoms with Gasteiger partial charge < -0.3 is 10.4 Å². The van der Waals surface area contributed by atoms with Crippen LogP contribution in [0.25, 0.3) is 0 Å². The molecule has 0 aliphatic heterocycles. The number of phenols is 1. The smallest absolute Gasteiger partial charge is 0.176 e. The predicted octanol–water partition coefficient (Wildman–Crippen LogP) is 3.04. The van der Waals surface area contributed by atoms with Gasteiger partial charge in [-0.1, -0.05) is 11.6 Å². The van der Waals surface area contributed by atoms with Gasteiger partial charge in [0.25, 0.3) is 0 Å². The van der Waals surface area contributed by atoms with Crippen molar-refractivity contribution >= 4 is 29.8 Å². The van der Waals surface area contributed by atoms with Crippen LogP contribution in [0.4, 0.5) is 0 Å². The van der Waals surface area contributed by atoms with Crippen LogP contribution in [0.5, 0.6) is 5.75 Å². The lowest BCUT2D eigenvalue weighted by molar-refractivity contribution is 0.0982. The molecular weight excluding hydrogens is 261 g/mol. The molecule has 0 saturated heterocycles. The Morgan fingerprint density at radius 1 is 1.41 bits per heavy atom. The Hall–Kier alpha value is -0.770. The van der Waals surface area contributed by atoms with Gasteiger partial charge in [0.2, 0.25) is 0 Å². The van der Waals surface area contributed by atoms with Crippen molar-refractivity contribution in [3.8, 4) is 5.75 Å². The number of carbonyl (C=O) groups is 1. The first-order chi connectivity index (χ1) is 7.29. The van der Waals surface area contributed by atoms with E-state index in [9.17, 15) is 9.90 Å². The van der Waals surface area contributed by atoms with Gasteiger partial charge in [0.1, 0.15) is 5.75 Å². The minimum absolute atomic E-state index is 0. The zero-order chi connectivity index (χ0) is 12.3. The molecule has 1 aromatic carbocycles. The monoisotopic (exact) mass is 277 g/mol. The highest BCUT2D eigenvalue weighted by Gasteiger charge is 2.13. The first-order valence-corrected chi connectivity index (χ1v) is 5.44. The molecular formula is C12H17Cl2NO2. The minimum Gasteiger partial charge on any atom is -0.506 e. The van der Waals surface area contributed by atoms with Gasteiger partial charge in [-0.2, -0.15) is 0 Å². The Morgan fingerprint density at radius 3 is 2.47 bits per heavy atom. The molecule has 17 heavy (non-hydrogen) atoms. The van der Waals surface area contributed by atoms with Crippen LogP contribution in [-0.4, -0.2) is 23.0 Å². The third kappa shape index (κ3) is 5.39. The van der Waals surface area contributed by atoms with Crippen LogP contribution >= 0.6 is 24.0 Å². The lowest BCUT2D eigenvalue weighted by atomic mass is 10.1. The molecule has 0 aliphatic carbocycles. The highest BCUT2D eigenvalue weighted by atomic mass is 35.5. The van der Waals surface area contributed by atoms with Gasteiger partial charge in [-0.15, -0.1) is 12.4 Å². The quantitative estimate of drug-likeness (QED) is 0.835. The number of halogens is 2. The zero-order valence-electron chi connectivity index (χ0n) is 10.1. The number of phenolic OH excluding ortho intramolecular Hbond substituents is 1. The van der Waals surface area contributed by atoms with E-state index in [1.54, 1.807) is 6.07 Å². The Balaban J connectivity index is 0.00000256. The second-order valence-electron chi connectivity index (χ2n) is 4.69. The van der Waals surface area contributed by atoms with E-state index in [0.29, 0.717) is 5.56 Å². The fourth-order valence-electron chi connectivity index (χ4n) is 1.13. The van der Waals surface area contributed by atoms with Gasteiger partial charge in [-0.25, -0.2) is 0 Å². The van der Waals surface area contributed by atoms with E-state index in [0.717, 1.165) is 0 Å². The summed E-state index contributed by atoms with van der Waals surface area (Å²) in [6.45, 7) is 6.23. The number of hydrogen-bond donors (Lipinski definition) is 2. The Morgan fingerprint density at radius 2 is 2.00 bits per heavy atom. The minimum atomic E-state index is -0.101. The molecule has 1 rings (SSSR count). The molecule has 2 N–H and O–H groups in total. The van der Waals surface area contributed by atoms with Crippen LogP contribution in [-0.2, 0) is 0 Å². The van der Waals surface area contributed by atoms with Gasteiger partial charge in [0.05, 0.1) is 11.6 Å². The van der Waals surface area contributed by atoms with Crippen molar-refractivity contribution in [2.24, 2.45) is 0 Å². The molecule has 1 aromatic rings. The predicted molar refractivity (Wildman–Crippen MR) is 72.5 cm³/mol. The molecule has 0 heterocycles. The van der Waals surface area contributed by atoms with E-state index in [2.05, 4.69) is 5.32 Å². The number of benzene rings is 1. The number of ketones is 1. The van der Waals surface area contributed by atoms with Crippen LogP contribution in [0.1, 0.15) is 31.1 Å². The summed E-state index contributed by atoms with van der Waals surface area (Å²) >= 11 is 5.73. The molecule has 3 nitrogen and oxygen atoms in total. The number of Topliss-reactive ketones (excluding diaryl/α,β-unsaturated/α-hetero) is 1. The second-order valence-corrected chi connectivity index (χ2v) is 5.10. The van der Waals surface area contributed by atoms with Gasteiger partial charge in [0, 0.05) is 11.1 Å². The molecule has 5 heteroatoms. The fourth-order valence-corrected chi connectivity index (χ4v) is 1.31. The van der Waals surface area contributed by atoms with E-state index >= 15 is 0 Å². The molecule has 0 atom stereocenters. The highest BCUT2D eigenvalue weighted by molar-refractivity contribution is 6.32. The van der Waals surface area contributed by atoms with E-state index in [1.807, 2.05) is 20.8 Å². The molecule has 0 radical (unpaired) electrons. The number of aromatic hydroxyl groups is 1. The number of hydrogen-bond acceptors (Lipinski definition) is 3. The van der Waals surface area contributed by atoms with E-state index in [-0.39, 0.29) is 41.0 Å². The molecule has 0 aliphatic rings. The van der Waals surface area contributed by atoms with Gasteiger partial charge in [0.15, 0.2) is 5.78 Å². The average molecular weight is 278 g/mol. The molecule has 0 saturated carbocycles. The van der Waals surface area contributed by atoms with Crippen molar-refractivity contribution in [2.75, 3.05) is 6.54 Å². The third-order valence-electron chi connectivity index (χ3n) is 2.05. The van der Waals surface area contributed by atoms with Crippen LogP contribution in [0, 0.1) is 0 Å². The molecule has 0 bridgehead atoms. The number of carbonyl (C=O) groups excluding carboxylic acids is 1. The van der Waals surface area contributed by atoms with Crippen molar-refractivity contribution < 1.29 is 9.90 Å². The van der Waals surface area contributed by atoms with Crippen LogP contribution in [0.3, 0.4) is 0 Å². The van der Waals surface area contributed by atoms with Gasteiger partial charge in [-0.3, -0.25) is 4.79 Å².